The normalized spacial score (nSPS) is 10.2. The fourth-order valence-corrected chi connectivity index (χ4v) is 3.21. The predicted molar refractivity (Wildman–Crippen MR) is 120 cm³/mol. The Morgan fingerprint density at radius 2 is 1.87 bits per heavy atom. The van der Waals surface area contributed by atoms with E-state index in [1.54, 1.807) is 26.3 Å². The quantitative estimate of drug-likeness (QED) is 0.338. The maximum Gasteiger partial charge on any atom is 0.269 e. The number of anilines is 2. The standard InChI is InChI=1S/C23H25N4O3.Cm/c1-5-10-25-22-18-11-16(7-6-15(18)8-9-21(22)30-4)19-12-17(26-14(2)28)13-20(27-19)23(29)24-3;/h5-9,11-13,25H,10H2,1-4H3,(H,24,29)(H,26,27,28);/q-1;. The van der Waals surface area contributed by atoms with Gasteiger partial charge in [-0.05, 0) is 29.7 Å². The summed E-state index contributed by atoms with van der Waals surface area (Å²) in [7, 11) is 3.18. The van der Waals surface area contributed by atoms with Crippen LogP contribution in [0.15, 0.2) is 42.5 Å². The molecule has 0 aliphatic carbocycles. The Hall–Kier alpha value is -4.61. The molecular weight excluding hydrogens is 627 g/mol. The number of pyridine rings is 1. The number of hydrogen-bond acceptors (Lipinski definition) is 5. The first-order valence-corrected chi connectivity index (χ1v) is 9.61. The summed E-state index contributed by atoms with van der Waals surface area (Å²) in [5.41, 5.74) is 3.02. The van der Waals surface area contributed by atoms with Gasteiger partial charge < -0.3 is 27.1 Å². The Kier molecular flexibility index (Phi) is 7.12. The van der Waals surface area contributed by atoms with Crippen molar-refractivity contribution in [1.82, 2.24) is 10.3 Å². The van der Waals surface area contributed by atoms with Gasteiger partial charge in [0.05, 0.1) is 18.5 Å². The number of carbonyl (C=O) groups is 2. The summed E-state index contributed by atoms with van der Waals surface area (Å²) in [6, 6.07) is 13.2. The molecule has 0 aliphatic heterocycles. The van der Waals surface area contributed by atoms with Crippen molar-refractivity contribution in [2.75, 3.05) is 31.3 Å². The number of carbonyl (C=O) groups excluding carboxylic acids is 2. The molecule has 31 heavy (non-hydrogen) atoms. The van der Waals surface area contributed by atoms with Gasteiger partial charge in [-0.1, -0.05) is 18.2 Å². The Morgan fingerprint density at radius 1 is 1.13 bits per heavy atom. The minimum Gasteiger partial charge on any atom is -0.495 e. The second-order valence-electron chi connectivity index (χ2n) is 6.75. The molecular formula is C23H25CmN4O3-. The van der Waals surface area contributed by atoms with E-state index in [0.717, 1.165) is 27.8 Å². The topological polar surface area (TPSA) is 92.4 Å². The number of aromatic nitrogens is 1. The van der Waals surface area contributed by atoms with Crippen LogP contribution in [0.4, 0.5) is 11.4 Å². The maximum atomic E-state index is 12.2. The molecule has 0 fully saturated rings. The van der Waals surface area contributed by atoms with Crippen LogP contribution in [-0.4, -0.2) is 37.5 Å². The molecule has 0 bridgehead atoms. The van der Waals surface area contributed by atoms with Gasteiger partial charge in [-0.15, -0.1) is 6.54 Å². The van der Waals surface area contributed by atoms with Crippen molar-refractivity contribution >= 4 is 34.0 Å². The van der Waals surface area contributed by atoms with Crippen LogP contribution in [0.3, 0.4) is 0 Å². The monoisotopic (exact) mass is 648 g/mol. The van der Waals surface area contributed by atoms with Crippen LogP contribution >= 0.6 is 0 Å². The zero-order valence-electron chi connectivity index (χ0n) is 17.9. The third-order valence-corrected chi connectivity index (χ3v) is 4.59. The predicted octanol–water partition coefficient (Wildman–Crippen LogP) is 3.86. The average molecular weight is 652 g/mol. The van der Waals surface area contributed by atoms with Gasteiger partial charge in [-0.2, -0.15) is 6.92 Å². The van der Waals surface area contributed by atoms with E-state index in [-0.39, 0.29) is 17.5 Å². The molecule has 0 atom stereocenters. The van der Waals surface area contributed by atoms with Crippen LogP contribution in [0, 0.1) is 6.42 Å². The molecule has 7 nitrogen and oxygen atoms in total. The van der Waals surface area contributed by atoms with Gasteiger partial charge in [0.2, 0.25) is 5.91 Å². The molecule has 164 valence electrons. The van der Waals surface area contributed by atoms with E-state index in [4.69, 9.17) is 4.74 Å². The van der Waals surface area contributed by atoms with Crippen molar-refractivity contribution in [3.8, 4) is 17.0 Å². The van der Waals surface area contributed by atoms with Crippen molar-refractivity contribution in [1.29, 1.82) is 0 Å². The fraction of sp³-hybridized carbons (Fsp3) is 0.217. The summed E-state index contributed by atoms with van der Waals surface area (Å²) in [6.45, 7) is 4.09. The zero-order chi connectivity index (χ0) is 21.7. The third kappa shape index (κ3) is 4.87. The van der Waals surface area contributed by atoms with E-state index in [9.17, 15) is 9.59 Å². The number of hydrogen-bond donors (Lipinski definition) is 3. The van der Waals surface area contributed by atoms with Crippen molar-refractivity contribution < 1.29 is 14.3 Å². The number of nitrogens with one attached hydrogen (secondary N) is 3. The van der Waals surface area contributed by atoms with Crippen LogP contribution in [0.1, 0.15) is 24.3 Å². The molecule has 0 unspecified atom stereocenters. The average Bonchev–Trinajstić information content (AvgIpc) is 2.75. The number of nitrogens with zero attached hydrogens (tertiary/aromatic N) is 1. The van der Waals surface area contributed by atoms with Gasteiger partial charge in [0.1, 0.15) is 11.4 Å². The van der Waals surface area contributed by atoms with E-state index in [0.29, 0.717) is 17.9 Å². The van der Waals surface area contributed by atoms with Crippen molar-refractivity contribution in [2.24, 2.45) is 0 Å². The number of rotatable bonds is 7. The second-order valence-corrected chi connectivity index (χ2v) is 6.75. The molecule has 2 amide bonds. The van der Waals surface area contributed by atoms with E-state index < -0.39 is 0 Å². The van der Waals surface area contributed by atoms with Gasteiger partial charge in [-0.3, -0.25) is 9.59 Å². The van der Waals surface area contributed by atoms with E-state index in [1.807, 2.05) is 43.7 Å². The summed E-state index contributed by atoms with van der Waals surface area (Å²) in [5, 5.41) is 10.7. The Bertz CT molecular complexity index is 1100. The van der Waals surface area contributed by atoms with Crippen LogP contribution < -0.4 is 20.7 Å². The van der Waals surface area contributed by atoms with Crippen LogP contribution in [0.5, 0.6) is 5.75 Å². The fourth-order valence-electron chi connectivity index (χ4n) is 3.21. The van der Waals surface area contributed by atoms with Gasteiger partial charge in [0.25, 0.3) is 5.91 Å². The smallest absolute Gasteiger partial charge is 0.269 e. The molecule has 1 heterocycles. The third-order valence-electron chi connectivity index (χ3n) is 4.59. The molecule has 0 aliphatic rings. The summed E-state index contributed by atoms with van der Waals surface area (Å²) < 4.78 is 5.53. The SMILES string of the molecule is C[CH-]CNc1c(OC)ccc2ccc(-c3cc(NC(C)=O)cc(C(=O)NC)n3)cc12.[Cm]. The van der Waals surface area contributed by atoms with Crippen molar-refractivity contribution in [3.63, 3.8) is 0 Å². The number of ether oxygens (including phenoxy) is 1. The number of methoxy groups -OCH3 is 1. The Morgan fingerprint density at radius 3 is 2.52 bits per heavy atom. The van der Waals surface area contributed by atoms with E-state index in [1.165, 1.54) is 6.92 Å². The van der Waals surface area contributed by atoms with E-state index >= 15 is 0 Å². The Labute approximate surface area is 175 Å². The maximum absolute atomic E-state index is 12.2. The molecule has 0 spiro atoms. The largest absolute Gasteiger partial charge is 0.495 e. The summed E-state index contributed by atoms with van der Waals surface area (Å²) >= 11 is 0. The first-order chi connectivity index (χ1) is 14.5. The first-order valence-electron chi connectivity index (χ1n) is 9.61. The molecule has 0 radical (unpaired) electrons. The summed E-state index contributed by atoms with van der Waals surface area (Å²) in [5.74, 6) is 0.194. The summed E-state index contributed by atoms with van der Waals surface area (Å²) in [4.78, 5) is 28.2. The summed E-state index contributed by atoms with van der Waals surface area (Å²) in [6.07, 6.45) is 2.02. The molecule has 2 aromatic carbocycles. The Balaban J connectivity index is 0.00000341. The number of fused-ring (bicyclic) bond motifs is 1. The van der Waals surface area contributed by atoms with Gasteiger partial charge in [0.15, 0.2) is 0 Å². The molecule has 3 N–H and O–H groups in total. The minimum absolute atomic E-state index is 0. The molecule has 0 saturated heterocycles. The second kappa shape index (κ2) is 9.73. The molecule has 0 saturated carbocycles. The van der Waals surface area contributed by atoms with Crippen LogP contribution in [0.25, 0.3) is 22.0 Å². The van der Waals surface area contributed by atoms with Crippen molar-refractivity contribution in [2.45, 2.75) is 13.8 Å². The first kappa shape index (κ1) is 22.7. The molecule has 1 aromatic heterocycles. The van der Waals surface area contributed by atoms with Crippen LogP contribution in [0.2, 0.25) is 0 Å². The minimum atomic E-state index is -0.327. The molecule has 3 aromatic rings. The zero-order valence-corrected chi connectivity index (χ0v) is 20.8. The van der Waals surface area contributed by atoms with Crippen LogP contribution in [-0.2, 0) is 4.79 Å². The van der Waals surface area contributed by atoms with Crippen molar-refractivity contribution in [3.05, 3.63) is 54.6 Å². The molecule has 8 heteroatoms. The van der Waals surface area contributed by atoms with E-state index in [2.05, 4.69) is 20.9 Å². The van der Waals surface area contributed by atoms with Gasteiger partial charge in [0, 0.05) is 30.6 Å². The number of benzene rings is 2. The number of amides is 2. The molecule has 3 rings (SSSR count). The van der Waals surface area contributed by atoms with Gasteiger partial charge >= 0.3 is 0 Å². The van der Waals surface area contributed by atoms with Gasteiger partial charge in [-0.25, -0.2) is 4.98 Å².